The van der Waals surface area contributed by atoms with Gasteiger partial charge in [0.1, 0.15) is 5.75 Å². The van der Waals surface area contributed by atoms with Crippen molar-refractivity contribution in [1.82, 2.24) is 0 Å². The van der Waals surface area contributed by atoms with Gasteiger partial charge in [0.2, 0.25) is 5.90 Å². The number of ether oxygens (including phenoxy) is 2. The molecular weight excluding hydrogens is 290 g/mol. The second-order valence-electron chi connectivity index (χ2n) is 5.41. The van der Waals surface area contributed by atoms with Gasteiger partial charge in [-0.2, -0.15) is 0 Å². The van der Waals surface area contributed by atoms with Gasteiger partial charge < -0.3 is 9.47 Å². The molecule has 0 radical (unpaired) electrons. The second-order valence-corrected chi connectivity index (χ2v) is 5.41. The summed E-state index contributed by atoms with van der Waals surface area (Å²) in [7, 11) is 1.61. The van der Waals surface area contributed by atoms with Crippen LogP contribution in [0.15, 0.2) is 53.2 Å². The summed E-state index contributed by atoms with van der Waals surface area (Å²) in [6.45, 7) is 4.06. The second kappa shape index (κ2) is 6.08. The van der Waals surface area contributed by atoms with E-state index in [4.69, 9.17) is 9.47 Å². The van der Waals surface area contributed by atoms with Crippen molar-refractivity contribution >= 4 is 17.9 Å². The molecular formula is C19H17NO3. The van der Waals surface area contributed by atoms with Crippen molar-refractivity contribution in [3.63, 3.8) is 0 Å². The lowest BCUT2D eigenvalue weighted by Gasteiger charge is -2.03. The highest BCUT2D eigenvalue weighted by Gasteiger charge is 2.24. The lowest BCUT2D eigenvalue weighted by molar-refractivity contribution is -0.129. The van der Waals surface area contributed by atoms with Crippen LogP contribution in [0.5, 0.6) is 5.75 Å². The molecule has 0 atom stereocenters. The lowest BCUT2D eigenvalue weighted by Crippen LogP contribution is -2.05. The highest BCUT2D eigenvalue weighted by Crippen LogP contribution is 2.21. The third-order valence-corrected chi connectivity index (χ3v) is 3.79. The fourth-order valence-electron chi connectivity index (χ4n) is 2.27. The number of aryl methyl sites for hydroxylation is 2. The van der Waals surface area contributed by atoms with Crippen LogP contribution in [0.2, 0.25) is 0 Å². The Hall–Kier alpha value is -2.88. The zero-order valence-electron chi connectivity index (χ0n) is 13.3. The maximum Gasteiger partial charge on any atom is 0.363 e. The summed E-state index contributed by atoms with van der Waals surface area (Å²) in [5, 5.41) is 0. The molecule has 0 N–H and O–H groups in total. The molecule has 0 bridgehead atoms. The number of benzene rings is 2. The van der Waals surface area contributed by atoms with Crippen molar-refractivity contribution in [1.29, 1.82) is 0 Å². The van der Waals surface area contributed by atoms with Crippen molar-refractivity contribution < 1.29 is 14.3 Å². The average molecular weight is 307 g/mol. The van der Waals surface area contributed by atoms with Crippen LogP contribution in [-0.4, -0.2) is 19.0 Å². The van der Waals surface area contributed by atoms with Crippen molar-refractivity contribution in [2.75, 3.05) is 7.11 Å². The maximum atomic E-state index is 12.0. The quantitative estimate of drug-likeness (QED) is 0.642. The van der Waals surface area contributed by atoms with E-state index in [1.807, 2.05) is 56.3 Å². The summed E-state index contributed by atoms with van der Waals surface area (Å²) in [6.07, 6.45) is 1.70. The number of cyclic esters (lactones) is 1. The predicted molar refractivity (Wildman–Crippen MR) is 89.5 cm³/mol. The van der Waals surface area contributed by atoms with Crippen LogP contribution < -0.4 is 4.74 Å². The Labute approximate surface area is 135 Å². The maximum absolute atomic E-state index is 12.0. The molecule has 116 valence electrons. The monoisotopic (exact) mass is 307 g/mol. The van der Waals surface area contributed by atoms with E-state index in [0.29, 0.717) is 11.6 Å². The Morgan fingerprint density at radius 1 is 1.04 bits per heavy atom. The van der Waals surface area contributed by atoms with Gasteiger partial charge in [0, 0.05) is 5.56 Å². The summed E-state index contributed by atoms with van der Waals surface area (Å²) >= 11 is 0. The standard InChI is InChI=1S/C19H17NO3/c1-12-4-7-15(10-13(12)2)18-20-17(19(21)23-18)11-14-5-8-16(22-3)9-6-14/h4-11H,1-3H3/b17-11-. The molecule has 0 fully saturated rings. The van der Waals surface area contributed by atoms with Gasteiger partial charge in [0.05, 0.1) is 7.11 Å². The minimum absolute atomic E-state index is 0.295. The number of hydrogen-bond donors (Lipinski definition) is 0. The van der Waals surface area contributed by atoms with Gasteiger partial charge in [-0.15, -0.1) is 0 Å². The highest BCUT2D eigenvalue weighted by molar-refractivity contribution is 6.12. The first-order chi connectivity index (χ1) is 11.1. The Morgan fingerprint density at radius 2 is 1.78 bits per heavy atom. The number of aliphatic imine (C=N–C) groups is 1. The van der Waals surface area contributed by atoms with Gasteiger partial charge in [-0.1, -0.05) is 18.2 Å². The molecule has 0 aliphatic carbocycles. The first-order valence-corrected chi connectivity index (χ1v) is 7.31. The smallest absolute Gasteiger partial charge is 0.363 e. The minimum atomic E-state index is -0.436. The number of rotatable bonds is 3. The van der Waals surface area contributed by atoms with E-state index in [0.717, 1.165) is 22.4 Å². The van der Waals surface area contributed by atoms with Crippen molar-refractivity contribution in [3.05, 3.63) is 70.4 Å². The molecule has 4 nitrogen and oxygen atoms in total. The summed E-state index contributed by atoms with van der Waals surface area (Å²) in [5.74, 6) is 0.673. The van der Waals surface area contributed by atoms with Crippen LogP contribution in [0.3, 0.4) is 0 Å². The number of esters is 1. The van der Waals surface area contributed by atoms with Gasteiger partial charge >= 0.3 is 5.97 Å². The van der Waals surface area contributed by atoms with E-state index in [9.17, 15) is 4.79 Å². The molecule has 0 unspecified atom stereocenters. The Morgan fingerprint density at radius 3 is 2.43 bits per heavy atom. The summed E-state index contributed by atoms with van der Waals surface area (Å²) in [4.78, 5) is 16.3. The molecule has 1 aliphatic heterocycles. The highest BCUT2D eigenvalue weighted by atomic mass is 16.6. The lowest BCUT2D eigenvalue weighted by atomic mass is 10.1. The van der Waals surface area contributed by atoms with Crippen LogP contribution in [-0.2, 0) is 9.53 Å². The first-order valence-electron chi connectivity index (χ1n) is 7.31. The minimum Gasteiger partial charge on any atom is -0.497 e. The molecule has 1 aliphatic rings. The first kappa shape index (κ1) is 15.0. The van der Waals surface area contributed by atoms with E-state index in [-0.39, 0.29) is 0 Å². The van der Waals surface area contributed by atoms with Gasteiger partial charge in [0.25, 0.3) is 0 Å². The van der Waals surface area contributed by atoms with Crippen molar-refractivity contribution in [2.24, 2.45) is 4.99 Å². The molecule has 3 rings (SSSR count). The van der Waals surface area contributed by atoms with Crippen molar-refractivity contribution in [2.45, 2.75) is 13.8 Å². The Kier molecular flexibility index (Phi) is 3.98. The summed E-state index contributed by atoms with van der Waals surface area (Å²) in [6, 6.07) is 13.3. The zero-order chi connectivity index (χ0) is 16.4. The van der Waals surface area contributed by atoms with E-state index in [1.165, 1.54) is 5.56 Å². The molecule has 0 aromatic heterocycles. The van der Waals surface area contributed by atoms with Crippen LogP contribution in [0.25, 0.3) is 6.08 Å². The largest absolute Gasteiger partial charge is 0.497 e. The number of carbonyl (C=O) groups is 1. The van der Waals surface area contributed by atoms with Gasteiger partial charge in [-0.3, -0.25) is 0 Å². The Balaban J connectivity index is 1.90. The number of hydrogen-bond acceptors (Lipinski definition) is 4. The zero-order valence-corrected chi connectivity index (χ0v) is 13.3. The summed E-state index contributed by atoms with van der Waals surface area (Å²) in [5.41, 5.74) is 4.28. The normalized spacial score (nSPS) is 15.5. The molecule has 2 aromatic carbocycles. The van der Waals surface area contributed by atoms with Gasteiger partial charge in [0.15, 0.2) is 5.70 Å². The SMILES string of the molecule is COc1ccc(/C=C2\N=C(c3ccc(C)c(C)c3)OC2=O)cc1. The predicted octanol–water partition coefficient (Wildman–Crippen LogP) is 3.66. The molecule has 0 spiro atoms. The van der Waals surface area contributed by atoms with Crippen LogP contribution in [0.1, 0.15) is 22.3 Å². The fourth-order valence-corrected chi connectivity index (χ4v) is 2.27. The molecule has 1 heterocycles. The third-order valence-electron chi connectivity index (χ3n) is 3.79. The third kappa shape index (κ3) is 3.16. The average Bonchev–Trinajstić information content (AvgIpc) is 2.92. The van der Waals surface area contributed by atoms with Crippen LogP contribution in [0.4, 0.5) is 0 Å². The molecule has 0 saturated carbocycles. The fraction of sp³-hybridized carbons (Fsp3) is 0.158. The van der Waals surface area contributed by atoms with Crippen LogP contribution >= 0.6 is 0 Å². The number of methoxy groups -OCH3 is 1. The Bertz CT molecular complexity index is 817. The number of carbonyl (C=O) groups excluding carboxylic acids is 1. The van der Waals surface area contributed by atoms with E-state index < -0.39 is 5.97 Å². The van der Waals surface area contributed by atoms with E-state index in [1.54, 1.807) is 13.2 Å². The van der Waals surface area contributed by atoms with E-state index >= 15 is 0 Å². The topological polar surface area (TPSA) is 47.9 Å². The molecule has 4 heteroatoms. The molecule has 0 amide bonds. The van der Waals surface area contributed by atoms with E-state index in [2.05, 4.69) is 4.99 Å². The number of nitrogens with zero attached hydrogens (tertiary/aromatic N) is 1. The van der Waals surface area contributed by atoms with Crippen molar-refractivity contribution in [3.8, 4) is 5.75 Å². The van der Waals surface area contributed by atoms with Gasteiger partial charge in [-0.25, -0.2) is 9.79 Å². The van der Waals surface area contributed by atoms with Crippen LogP contribution in [0, 0.1) is 13.8 Å². The van der Waals surface area contributed by atoms with Gasteiger partial charge in [-0.05, 0) is 60.9 Å². The molecule has 2 aromatic rings. The summed E-state index contributed by atoms with van der Waals surface area (Å²) < 4.78 is 10.4. The molecule has 0 saturated heterocycles. The molecule has 23 heavy (non-hydrogen) atoms.